The molecule has 0 spiro atoms. The van der Waals surface area contributed by atoms with E-state index >= 15 is 0 Å². The second kappa shape index (κ2) is 7.58. The van der Waals surface area contributed by atoms with Crippen molar-refractivity contribution < 1.29 is 9.18 Å². The summed E-state index contributed by atoms with van der Waals surface area (Å²) in [5.74, 6) is -0.316. The molecule has 0 fully saturated rings. The minimum Gasteiger partial charge on any atom is -0.356 e. The summed E-state index contributed by atoms with van der Waals surface area (Å²) >= 11 is 0. The predicted molar refractivity (Wildman–Crippen MR) is 122 cm³/mol. The highest BCUT2D eigenvalue weighted by molar-refractivity contribution is 5.91. The number of H-pyrrole nitrogens is 1. The average molecular weight is 413 g/mol. The van der Waals surface area contributed by atoms with E-state index in [1.54, 1.807) is 17.0 Å². The van der Waals surface area contributed by atoms with Gasteiger partial charge in [-0.1, -0.05) is 42.5 Å². The van der Waals surface area contributed by atoms with E-state index in [-0.39, 0.29) is 11.8 Å². The zero-order chi connectivity index (χ0) is 21.5. The summed E-state index contributed by atoms with van der Waals surface area (Å²) < 4.78 is 14.9. The van der Waals surface area contributed by atoms with Crippen LogP contribution in [-0.4, -0.2) is 22.5 Å². The fourth-order valence-corrected chi connectivity index (χ4v) is 4.72. The summed E-state index contributed by atoms with van der Waals surface area (Å²) in [6.45, 7) is 4.51. The maximum atomic E-state index is 14.9. The molecule has 1 atom stereocenters. The minimum absolute atomic E-state index is 0.234. The van der Waals surface area contributed by atoms with Crippen LogP contribution in [0.15, 0.2) is 66.7 Å². The van der Waals surface area contributed by atoms with Crippen molar-refractivity contribution in [2.75, 3.05) is 11.9 Å². The third kappa shape index (κ3) is 3.46. The molecule has 0 unspecified atom stereocenters. The summed E-state index contributed by atoms with van der Waals surface area (Å²) in [7, 11) is 0. The van der Waals surface area contributed by atoms with E-state index in [9.17, 15) is 9.18 Å². The topological polar surface area (TPSA) is 48.1 Å². The molecule has 2 N–H and O–H groups in total. The van der Waals surface area contributed by atoms with Gasteiger partial charge in [-0.15, -0.1) is 0 Å². The zero-order valence-electron chi connectivity index (χ0n) is 17.6. The van der Waals surface area contributed by atoms with E-state index in [1.165, 1.54) is 6.07 Å². The van der Waals surface area contributed by atoms with Crippen molar-refractivity contribution >= 4 is 22.6 Å². The number of nitrogens with one attached hydrogen (secondary N) is 2. The molecule has 0 bridgehead atoms. The number of para-hydroxylation sites is 1. The number of urea groups is 1. The fourth-order valence-electron chi connectivity index (χ4n) is 4.72. The molecule has 31 heavy (non-hydrogen) atoms. The van der Waals surface area contributed by atoms with Crippen LogP contribution in [0, 0.1) is 19.7 Å². The number of aromatic nitrogens is 1. The van der Waals surface area contributed by atoms with Gasteiger partial charge in [0.1, 0.15) is 11.9 Å². The van der Waals surface area contributed by atoms with E-state index in [4.69, 9.17) is 0 Å². The van der Waals surface area contributed by atoms with Gasteiger partial charge in [-0.2, -0.15) is 0 Å². The second-order valence-electron chi connectivity index (χ2n) is 8.24. The molecular weight excluding hydrogens is 389 g/mol. The first-order valence-electron chi connectivity index (χ1n) is 10.5. The Balaban J connectivity index is 1.59. The van der Waals surface area contributed by atoms with E-state index in [1.807, 2.05) is 50.2 Å². The Bertz CT molecular complexity index is 1270. The van der Waals surface area contributed by atoms with Crippen LogP contribution in [0.2, 0.25) is 0 Å². The van der Waals surface area contributed by atoms with Crippen molar-refractivity contribution in [1.82, 2.24) is 9.88 Å². The van der Waals surface area contributed by atoms with Crippen molar-refractivity contribution in [3.8, 4) is 0 Å². The van der Waals surface area contributed by atoms with Crippen LogP contribution in [0.3, 0.4) is 0 Å². The van der Waals surface area contributed by atoms with Crippen molar-refractivity contribution in [1.29, 1.82) is 0 Å². The quantitative estimate of drug-likeness (QED) is 0.410. The largest absolute Gasteiger partial charge is 0.356 e. The van der Waals surface area contributed by atoms with Gasteiger partial charge in [0, 0.05) is 34.4 Å². The van der Waals surface area contributed by atoms with Gasteiger partial charge in [-0.25, -0.2) is 9.18 Å². The first-order valence-corrected chi connectivity index (χ1v) is 10.5. The number of rotatable bonds is 2. The predicted octanol–water partition coefficient (Wildman–Crippen LogP) is 6.10. The monoisotopic (exact) mass is 413 g/mol. The summed E-state index contributed by atoms with van der Waals surface area (Å²) in [5.41, 5.74) is 6.44. The Kier molecular flexibility index (Phi) is 4.74. The average Bonchev–Trinajstić information content (AvgIpc) is 3.11. The highest BCUT2D eigenvalue weighted by Gasteiger charge is 2.36. The normalized spacial score (nSPS) is 15.7. The summed E-state index contributed by atoms with van der Waals surface area (Å²) in [5, 5.41) is 4.16. The molecule has 0 aliphatic carbocycles. The molecule has 5 rings (SSSR count). The van der Waals surface area contributed by atoms with Gasteiger partial charge in [-0.3, -0.25) is 0 Å². The van der Waals surface area contributed by atoms with Gasteiger partial charge in [-0.05, 0) is 61.2 Å². The second-order valence-corrected chi connectivity index (χ2v) is 8.24. The number of amides is 2. The number of aryl methyl sites for hydroxylation is 2. The smallest absolute Gasteiger partial charge is 0.322 e. The van der Waals surface area contributed by atoms with Gasteiger partial charge in [0.25, 0.3) is 0 Å². The lowest BCUT2D eigenvalue weighted by Crippen LogP contribution is -2.43. The number of nitrogens with zero attached hydrogens (tertiary/aromatic N) is 1. The third-order valence-electron chi connectivity index (χ3n) is 5.97. The lowest BCUT2D eigenvalue weighted by Gasteiger charge is -2.36. The zero-order valence-corrected chi connectivity index (χ0v) is 17.6. The minimum atomic E-state index is -0.525. The van der Waals surface area contributed by atoms with Gasteiger partial charge in [0.05, 0.1) is 0 Å². The summed E-state index contributed by atoms with van der Waals surface area (Å²) in [6, 6.07) is 20.0. The molecular formula is C26H24FN3O. The van der Waals surface area contributed by atoms with Gasteiger partial charge in [0.15, 0.2) is 0 Å². The summed E-state index contributed by atoms with van der Waals surface area (Å²) in [6.07, 6.45) is 0.713. The van der Waals surface area contributed by atoms with E-state index in [0.29, 0.717) is 18.5 Å². The van der Waals surface area contributed by atoms with Crippen molar-refractivity contribution in [3.63, 3.8) is 0 Å². The van der Waals surface area contributed by atoms with Crippen LogP contribution in [-0.2, 0) is 6.42 Å². The molecule has 0 saturated heterocycles. The number of carbonyl (C=O) groups is 1. The maximum absolute atomic E-state index is 14.9. The van der Waals surface area contributed by atoms with Crippen LogP contribution in [0.25, 0.3) is 10.9 Å². The molecule has 2 amide bonds. The standard InChI is InChI=1S/C26H24FN3O/c1-16-13-17(2)15-18(14-16)28-26(31)30-12-11-20-19-7-4-6-10-23(19)29-24(20)25(30)21-8-3-5-9-22(21)27/h3-10,13-15,25,29H,11-12H2,1-2H3,(H,28,31)/t25-/m0/s1. The SMILES string of the molecule is Cc1cc(C)cc(NC(=O)N2CCc3c([nH]c4ccccc34)[C@@H]2c2ccccc2F)c1. The number of aromatic amines is 1. The molecule has 1 aliphatic heterocycles. The number of benzene rings is 3. The van der Waals surface area contributed by atoms with Gasteiger partial charge >= 0.3 is 6.03 Å². The first kappa shape index (κ1) is 19.4. The van der Waals surface area contributed by atoms with Crippen molar-refractivity contribution in [2.45, 2.75) is 26.3 Å². The highest BCUT2D eigenvalue weighted by atomic mass is 19.1. The lowest BCUT2D eigenvalue weighted by atomic mass is 9.92. The Labute approximate surface area is 180 Å². The lowest BCUT2D eigenvalue weighted by molar-refractivity contribution is 0.192. The number of fused-ring (bicyclic) bond motifs is 3. The molecule has 3 aromatic carbocycles. The number of halogens is 1. The van der Waals surface area contributed by atoms with Crippen LogP contribution in [0.1, 0.15) is 34.0 Å². The van der Waals surface area contributed by atoms with Crippen LogP contribution >= 0.6 is 0 Å². The number of hydrogen-bond donors (Lipinski definition) is 2. The first-order chi connectivity index (χ1) is 15.0. The Morgan fingerprint density at radius 2 is 1.74 bits per heavy atom. The molecule has 0 saturated carbocycles. The molecule has 4 nitrogen and oxygen atoms in total. The maximum Gasteiger partial charge on any atom is 0.322 e. The fraction of sp³-hybridized carbons (Fsp3) is 0.192. The summed E-state index contributed by atoms with van der Waals surface area (Å²) in [4.78, 5) is 18.6. The van der Waals surface area contributed by atoms with Crippen LogP contribution in [0.4, 0.5) is 14.9 Å². The molecule has 156 valence electrons. The molecule has 2 heterocycles. The molecule has 4 aromatic rings. The van der Waals surface area contributed by atoms with Crippen molar-refractivity contribution in [2.24, 2.45) is 0 Å². The Morgan fingerprint density at radius 3 is 2.52 bits per heavy atom. The third-order valence-corrected chi connectivity index (χ3v) is 5.97. The van der Waals surface area contributed by atoms with Gasteiger partial charge < -0.3 is 15.2 Å². The van der Waals surface area contributed by atoms with E-state index in [0.717, 1.165) is 39.0 Å². The van der Waals surface area contributed by atoms with Crippen molar-refractivity contribution in [3.05, 3.63) is 100 Å². The highest BCUT2D eigenvalue weighted by Crippen LogP contribution is 2.39. The number of carbonyl (C=O) groups excluding carboxylic acids is 1. The molecule has 1 aromatic heterocycles. The van der Waals surface area contributed by atoms with Crippen LogP contribution in [0.5, 0.6) is 0 Å². The Morgan fingerprint density at radius 1 is 1.03 bits per heavy atom. The number of anilines is 1. The van der Waals surface area contributed by atoms with Gasteiger partial charge in [0.2, 0.25) is 0 Å². The van der Waals surface area contributed by atoms with E-state index < -0.39 is 6.04 Å². The number of hydrogen-bond acceptors (Lipinski definition) is 1. The van der Waals surface area contributed by atoms with Crippen LogP contribution < -0.4 is 5.32 Å². The molecule has 5 heteroatoms. The molecule has 0 radical (unpaired) electrons. The van der Waals surface area contributed by atoms with E-state index in [2.05, 4.69) is 22.4 Å². The Hall–Kier alpha value is -3.60. The molecule has 1 aliphatic rings.